The average molecular weight is 659 g/mol. The highest BCUT2D eigenvalue weighted by Gasteiger charge is 2.10. The fourth-order valence-electron chi connectivity index (χ4n) is 5.98. The van der Waals surface area contributed by atoms with Crippen LogP contribution in [0, 0.1) is 5.92 Å². The fraction of sp³-hybridized carbons (Fsp3) is 0.833. The van der Waals surface area contributed by atoms with Crippen molar-refractivity contribution in [2.24, 2.45) is 5.73 Å². The molecule has 0 spiro atoms. The Morgan fingerprint density at radius 1 is 0.426 bits per heavy atom. The van der Waals surface area contributed by atoms with Crippen LogP contribution >= 0.6 is 0 Å². The molecule has 0 aromatic heterocycles. The second kappa shape index (κ2) is 38.8. The summed E-state index contributed by atoms with van der Waals surface area (Å²) in [6.07, 6.45) is 45.2. The molecule has 4 N–H and O–H groups in total. The number of rotatable bonds is 37. The van der Waals surface area contributed by atoms with Gasteiger partial charge in [0, 0.05) is 25.9 Å². The number of carbonyl (C=O) groups is 2. The van der Waals surface area contributed by atoms with E-state index in [2.05, 4.69) is 48.8 Å². The van der Waals surface area contributed by atoms with Gasteiger partial charge in [-0.25, -0.2) is 0 Å². The van der Waals surface area contributed by atoms with Crippen LogP contribution < -0.4 is 16.4 Å². The molecule has 2 amide bonds. The third-order valence-electron chi connectivity index (χ3n) is 9.22. The first kappa shape index (κ1) is 45.4. The Morgan fingerprint density at radius 2 is 0.723 bits per heavy atom. The van der Waals surface area contributed by atoms with E-state index >= 15 is 0 Å². The van der Waals surface area contributed by atoms with Gasteiger partial charge in [-0.05, 0) is 89.5 Å². The number of hydrogen-bond acceptors (Lipinski definition) is 3. The Bertz CT molecular complexity index is 663. The van der Waals surface area contributed by atoms with Gasteiger partial charge in [0.1, 0.15) is 0 Å². The smallest absolute Gasteiger partial charge is 0.219 e. The second-order valence-electron chi connectivity index (χ2n) is 13.8. The summed E-state index contributed by atoms with van der Waals surface area (Å²) in [7, 11) is 0. The number of hydrogen-bond donors (Lipinski definition) is 3. The van der Waals surface area contributed by atoms with Crippen molar-refractivity contribution >= 4 is 11.8 Å². The predicted octanol–water partition coefficient (Wildman–Crippen LogP) is 11.6. The lowest BCUT2D eigenvalue weighted by molar-refractivity contribution is -0.121. The van der Waals surface area contributed by atoms with E-state index in [0.717, 1.165) is 38.5 Å². The summed E-state index contributed by atoms with van der Waals surface area (Å²) in [5.41, 5.74) is 5.93. The molecule has 5 nitrogen and oxygen atoms in total. The van der Waals surface area contributed by atoms with Crippen molar-refractivity contribution in [1.29, 1.82) is 0 Å². The Labute approximate surface area is 293 Å². The van der Waals surface area contributed by atoms with Crippen LogP contribution in [0.15, 0.2) is 24.3 Å². The van der Waals surface area contributed by atoms with Crippen LogP contribution in [-0.2, 0) is 9.59 Å². The van der Waals surface area contributed by atoms with E-state index < -0.39 is 0 Å². The molecule has 0 rings (SSSR count). The molecular weight excluding hydrogens is 578 g/mol. The minimum Gasteiger partial charge on any atom is -0.356 e. The normalized spacial score (nSPS) is 11.7. The molecule has 0 heterocycles. The zero-order valence-electron chi connectivity index (χ0n) is 31.5. The number of nitrogens with two attached hydrogens (primary N) is 1. The SMILES string of the molecule is CCCCCCCC/C=C\CCCCCCCC(=O)NCC[C](CN)CCNC(=O)CCCCCCC/C=C\CCCCCCCC. The van der Waals surface area contributed by atoms with Gasteiger partial charge in [-0.15, -0.1) is 0 Å². The standard InChI is InChI=1S/C42H80N3O2/c1-3-5-7-9-11-13-15-17-19-21-23-25-27-29-31-33-41(46)44-37-35-40(39-43)36-38-45-42(47)34-32-30-28-26-24-22-20-18-16-14-12-10-8-6-4-2/h17-20H,3-16,21-39,43H2,1-2H3,(H,44,46)(H,45,47)/b19-17-,20-18-. The molecular formula is C42H80N3O2. The fourth-order valence-corrected chi connectivity index (χ4v) is 5.98. The molecule has 0 aliphatic heterocycles. The summed E-state index contributed by atoms with van der Waals surface area (Å²) in [6.45, 7) is 6.32. The van der Waals surface area contributed by atoms with Crippen molar-refractivity contribution in [2.75, 3.05) is 19.6 Å². The van der Waals surface area contributed by atoms with Gasteiger partial charge in [-0.1, -0.05) is 141 Å². The highest BCUT2D eigenvalue weighted by Crippen LogP contribution is 2.12. The van der Waals surface area contributed by atoms with Gasteiger partial charge in [-0.2, -0.15) is 0 Å². The van der Waals surface area contributed by atoms with E-state index in [1.165, 1.54) is 147 Å². The Balaban J connectivity index is 3.53. The summed E-state index contributed by atoms with van der Waals surface area (Å²) in [6, 6.07) is 0. The number of nitrogens with one attached hydrogen (secondary N) is 2. The quantitative estimate of drug-likeness (QED) is 0.0459. The van der Waals surface area contributed by atoms with E-state index in [9.17, 15) is 9.59 Å². The van der Waals surface area contributed by atoms with E-state index in [1.54, 1.807) is 0 Å². The van der Waals surface area contributed by atoms with Gasteiger partial charge in [0.2, 0.25) is 11.8 Å². The lowest BCUT2D eigenvalue weighted by Crippen LogP contribution is -2.29. The summed E-state index contributed by atoms with van der Waals surface area (Å²) in [5.74, 6) is 1.49. The lowest BCUT2D eigenvalue weighted by atomic mass is 10.0. The maximum absolute atomic E-state index is 12.2. The first-order valence-corrected chi connectivity index (χ1v) is 20.5. The number of unbranched alkanes of at least 4 members (excludes halogenated alkanes) is 22. The number of allylic oxidation sites excluding steroid dienone is 4. The van der Waals surface area contributed by atoms with Gasteiger partial charge < -0.3 is 16.4 Å². The van der Waals surface area contributed by atoms with Crippen LogP contribution in [0.25, 0.3) is 0 Å². The third kappa shape index (κ3) is 37.1. The number of carbonyl (C=O) groups excluding carboxylic acids is 2. The monoisotopic (exact) mass is 659 g/mol. The summed E-state index contributed by atoms with van der Waals surface area (Å²) in [4.78, 5) is 24.4. The second-order valence-corrected chi connectivity index (χ2v) is 13.8. The Kier molecular flexibility index (Phi) is 37.5. The number of amides is 2. The van der Waals surface area contributed by atoms with Crippen LogP contribution in [0.5, 0.6) is 0 Å². The van der Waals surface area contributed by atoms with Crippen LogP contribution in [0.3, 0.4) is 0 Å². The molecule has 0 aliphatic rings. The molecule has 5 heteroatoms. The van der Waals surface area contributed by atoms with Gasteiger partial charge in [0.15, 0.2) is 0 Å². The Morgan fingerprint density at radius 3 is 1.04 bits per heavy atom. The molecule has 47 heavy (non-hydrogen) atoms. The maximum atomic E-state index is 12.2. The van der Waals surface area contributed by atoms with Gasteiger partial charge in [0.05, 0.1) is 0 Å². The molecule has 0 unspecified atom stereocenters. The predicted molar refractivity (Wildman–Crippen MR) is 206 cm³/mol. The highest BCUT2D eigenvalue weighted by atomic mass is 16.2. The molecule has 0 aromatic carbocycles. The van der Waals surface area contributed by atoms with E-state index in [0.29, 0.717) is 32.5 Å². The van der Waals surface area contributed by atoms with E-state index in [4.69, 9.17) is 5.73 Å². The molecule has 0 fully saturated rings. The van der Waals surface area contributed by atoms with Gasteiger partial charge >= 0.3 is 0 Å². The van der Waals surface area contributed by atoms with Crippen LogP contribution in [0.4, 0.5) is 0 Å². The Hall–Kier alpha value is -1.62. The summed E-state index contributed by atoms with van der Waals surface area (Å²) < 4.78 is 0. The first-order valence-electron chi connectivity index (χ1n) is 20.5. The lowest BCUT2D eigenvalue weighted by Gasteiger charge is -2.15. The molecule has 0 aliphatic carbocycles. The highest BCUT2D eigenvalue weighted by molar-refractivity contribution is 5.76. The van der Waals surface area contributed by atoms with Gasteiger partial charge in [0.25, 0.3) is 0 Å². The zero-order valence-corrected chi connectivity index (χ0v) is 31.5. The van der Waals surface area contributed by atoms with Crippen molar-refractivity contribution in [3.8, 4) is 0 Å². The van der Waals surface area contributed by atoms with Crippen molar-refractivity contribution in [3.05, 3.63) is 30.2 Å². The summed E-state index contributed by atoms with van der Waals surface area (Å²) >= 11 is 0. The minimum atomic E-state index is 0.146. The average Bonchev–Trinajstić information content (AvgIpc) is 3.07. The van der Waals surface area contributed by atoms with E-state index in [-0.39, 0.29) is 11.8 Å². The molecule has 0 saturated carbocycles. The molecule has 0 saturated heterocycles. The topological polar surface area (TPSA) is 84.2 Å². The van der Waals surface area contributed by atoms with Crippen molar-refractivity contribution in [3.63, 3.8) is 0 Å². The molecule has 275 valence electrons. The largest absolute Gasteiger partial charge is 0.356 e. The van der Waals surface area contributed by atoms with E-state index in [1.807, 2.05) is 0 Å². The molecule has 0 atom stereocenters. The maximum Gasteiger partial charge on any atom is 0.219 e. The van der Waals surface area contributed by atoms with Crippen molar-refractivity contribution < 1.29 is 9.59 Å². The third-order valence-corrected chi connectivity index (χ3v) is 9.22. The van der Waals surface area contributed by atoms with Crippen molar-refractivity contribution in [2.45, 2.75) is 206 Å². The molecule has 0 aromatic rings. The van der Waals surface area contributed by atoms with Crippen molar-refractivity contribution in [1.82, 2.24) is 10.6 Å². The van der Waals surface area contributed by atoms with Crippen LogP contribution in [0.2, 0.25) is 0 Å². The van der Waals surface area contributed by atoms with Crippen LogP contribution in [0.1, 0.15) is 206 Å². The zero-order chi connectivity index (χ0) is 34.3. The van der Waals surface area contributed by atoms with Gasteiger partial charge in [-0.3, -0.25) is 9.59 Å². The molecule has 0 bridgehead atoms. The molecule has 1 radical (unpaired) electrons. The summed E-state index contributed by atoms with van der Waals surface area (Å²) in [5, 5.41) is 6.10. The first-order chi connectivity index (χ1) is 23.1. The van der Waals surface area contributed by atoms with Crippen LogP contribution in [-0.4, -0.2) is 31.4 Å². The minimum absolute atomic E-state index is 0.146.